The van der Waals surface area contributed by atoms with Crippen LogP contribution in [0.2, 0.25) is 0 Å². The lowest BCUT2D eigenvalue weighted by Gasteiger charge is -2.10. The van der Waals surface area contributed by atoms with E-state index in [1.807, 2.05) is 0 Å². The molecule has 1 aliphatic rings. The summed E-state index contributed by atoms with van der Waals surface area (Å²) in [6, 6.07) is 1.20. The number of hydrogen-bond acceptors (Lipinski definition) is 4. The highest BCUT2D eigenvalue weighted by Gasteiger charge is 2.22. The van der Waals surface area contributed by atoms with Crippen molar-refractivity contribution in [2.24, 2.45) is 0 Å². The maximum atomic E-state index is 11.7. The Hall–Kier alpha value is -1.95. The van der Waals surface area contributed by atoms with E-state index in [-0.39, 0.29) is 17.5 Å². The number of aromatic nitrogens is 1. The zero-order chi connectivity index (χ0) is 12.3. The average Bonchev–Trinajstić information content (AvgIpc) is 2.82. The van der Waals surface area contributed by atoms with Crippen molar-refractivity contribution in [2.75, 3.05) is 11.9 Å². The lowest BCUT2D eigenvalue weighted by atomic mass is 10.2. The van der Waals surface area contributed by atoms with Crippen LogP contribution in [-0.4, -0.2) is 34.6 Å². The van der Waals surface area contributed by atoms with E-state index in [4.69, 9.17) is 5.11 Å². The van der Waals surface area contributed by atoms with Gasteiger partial charge in [0.25, 0.3) is 0 Å². The SMILES string of the molecule is O=C(O)c1cncc(NC(=O)[C@H]2CCCN2)c1. The first kappa shape index (κ1) is 11.5. The number of carbonyl (C=O) groups is 2. The summed E-state index contributed by atoms with van der Waals surface area (Å²) in [5.74, 6) is -1.21. The van der Waals surface area contributed by atoms with Crippen LogP contribution in [0, 0.1) is 0 Å². The van der Waals surface area contributed by atoms with Crippen molar-refractivity contribution in [1.82, 2.24) is 10.3 Å². The number of anilines is 1. The van der Waals surface area contributed by atoms with Crippen LogP contribution in [0.5, 0.6) is 0 Å². The number of carboxylic acids is 1. The van der Waals surface area contributed by atoms with Crippen LogP contribution in [0.3, 0.4) is 0 Å². The smallest absolute Gasteiger partial charge is 0.337 e. The van der Waals surface area contributed by atoms with E-state index < -0.39 is 5.97 Å². The fraction of sp³-hybridized carbons (Fsp3) is 0.364. The number of aromatic carboxylic acids is 1. The van der Waals surface area contributed by atoms with Gasteiger partial charge in [-0.25, -0.2) is 4.79 Å². The van der Waals surface area contributed by atoms with Gasteiger partial charge in [0.1, 0.15) is 0 Å². The van der Waals surface area contributed by atoms with Crippen molar-refractivity contribution in [3.63, 3.8) is 0 Å². The summed E-state index contributed by atoms with van der Waals surface area (Å²) in [6.45, 7) is 0.839. The molecule has 1 aromatic rings. The molecular weight excluding hydrogens is 222 g/mol. The van der Waals surface area contributed by atoms with E-state index in [0.717, 1.165) is 19.4 Å². The quantitative estimate of drug-likeness (QED) is 0.708. The molecule has 6 heteroatoms. The second-order valence-electron chi connectivity index (χ2n) is 3.91. The van der Waals surface area contributed by atoms with E-state index in [9.17, 15) is 9.59 Å². The molecule has 2 heterocycles. The highest BCUT2D eigenvalue weighted by molar-refractivity contribution is 5.96. The molecule has 0 unspecified atom stereocenters. The first-order valence-corrected chi connectivity index (χ1v) is 5.39. The van der Waals surface area contributed by atoms with Gasteiger partial charge in [0, 0.05) is 6.20 Å². The third-order valence-corrected chi connectivity index (χ3v) is 2.63. The van der Waals surface area contributed by atoms with E-state index in [0.29, 0.717) is 5.69 Å². The Morgan fingerprint density at radius 2 is 2.29 bits per heavy atom. The van der Waals surface area contributed by atoms with Crippen molar-refractivity contribution >= 4 is 17.6 Å². The number of carbonyl (C=O) groups excluding carboxylic acids is 1. The van der Waals surface area contributed by atoms with Gasteiger partial charge in [-0.2, -0.15) is 0 Å². The molecule has 1 aromatic heterocycles. The Balaban J connectivity index is 2.05. The molecule has 0 aliphatic carbocycles. The molecule has 2 rings (SSSR count). The minimum Gasteiger partial charge on any atom is -0.478 e. The maximum absolute atomic E-state index is 11.7. The van der Waals surface area contributed by atoms with Crippen LogP contribution in [0.1, 0.15) is 23.2 Å². The van der Waals surface area contributed by atoms with Crippen LogP contribution in [-0.2, 0) is 4.79 Å². The molecule has 0 saturated carbocycles. The van der Waals surface area contributed by atoms with Crippen LogP contribution in [0.25, 0.3) is 0 Å². The second-order valence-corrected chi connectivity index (χ2v) is 3.91. The summed E-state index contributed by atoms with van der Waals surface area (Å²) in [4.78, 5) is 26.2. The van der Waals surface area contributed by atoms with Crippen molar-refractivity contribution in [1.29, 1.82) is 0 Å². The molecule has 1 saturated heterocycles. The minimum absolute atomic E-state index is 0.0576. The molecule has 0 bridgehead atoms. The van der Waals surface area contributed by atoms with Crippen molar-refractivity contribution < 1.29 is 14.7 Å². The van der Waals surface area contributed by atoms with Gasteiger partial charge in [0.15, 0.2) is 0 Å². The first-order valence-electron chi connectivity index (χ1n) is 5.39. The summed E-state index contributed by atoms with van der Waals surface area (Å²) in [5.41, 5.74) is 0.464. The summed E-state index contributed by atoms with van der Waals surface area (Å²) in [5, 5.41) is 14.5. The molecule has 0 radical (unpaired) electrons. The number of pyridine rings is 1. The second kappa shape index (κ2) is 4.92. The van der Waals surface area contributed by atoms with E-state index in [2.05, 4.69) is 15.6 Å². The molecular formula is C11H13N3O3. The molecule has 1 amide bonds. The number of nitrogens with one attached hydrogen (secondary N) is 2. The number of carboxylic acid groups (broad SMARTS) is 1. The number of hydrogen-bond donors (Lipinski definition) is 3. The van der Waals surface area contributed by atoms with Crippen LogP contribution >= 0.6 is 0 Å². The third-order valence-electron chi connectivity index (χ3n) is 2.63. The predicted octanol–water partition coefficient (Wildman–Crippen LogP) is 0.470. The fourth-order valence-corrected chi connectivity index (χ4v) is 1.76. The van der Waals surface area contributed by atoms with E-state index >= 15 is 0 Å². The lowest BCUT2D eigenvalue weighted by molar-refractivity contribution is -0.117. The maximum Gasteiger partial charge on any atom is 0.337 e. The molecule has 3 N–H and O–H groups in total. The Labute approximate surface area is 98.1 Å². The van der Waals surface area contributed by atoms with Crippen LogP contribution in [0.4, 0.5) is 5.69 Å². The predicted molar refractivity (Wildman–Crippen MR) is 60.9 cm³/mol. The molecule has 90 valence electrons. The zero-order valence-corrected chi connectivity index (χ0v) is 9.14. The van der Waals surface area contributed by atoms with Crippen LogP contribution in [0.15, 0.2) is 18.5 Å². The summed E-state index contributed by atoms with van der Waals surface area (Å²) in [6.07, 6.45) is 4.45. The molecule has 1 fully saturated rings. The van der Waals surface area contributed by atoms with E-state index in [1.54, 1.807) is 0 Å². The Morgan fingerprint density at radius 1 is 1.47 bits per heavy atom. The zero-order valence-electron chi connectivity index (χ0n) is 9.14. The van der Waals surface area contributed by atoms with Crippen molar-refractivity contribution in [3.8, 4) is 0 Å². The van der Waals surface area contributed by atoms with Gasteiger partial charge in [-0.1, -0.05) is 0 Å². The van der Waals surface area contributed by atoms with Gasteiger partial charge in [-0.15, -0.1) is 0 Å². The Kier molecular flexibility index (Phi) is 3.34. The van der Waals surface area contributed by atoms with Gasteiger partial charge >= 0.3 is 5.97 Å². The Morgan fingerprint density at radius 3 is 2.94 bits per heavy atom. The average molecular weight is 235 g/mol. The summed E-state index contributed by atoms with van der Waals surface area (Å²) in [7, 11) is 0. The monoisotopic (exact) mass is 235 g/mol. The van der Waals surface area contributed by atoms with Crippen molar-refractivity contribution in [2.45, 2.75) is 18.9 Å². The lowest BCUT2D eigenvalue weighted by Crippen LogP contribution is -2.35. The summed E-state index contributed by atoms with van der Waals surface area (Å²) < 4.78 is 0. The number of rotatable bonds is 3. The van der Waals surface area contributed by atoms with Gasteiger partial charge in [0.2, 0.25) is 5.91 Å². The van der Waals surface area contributed by atoms with Gasteiger partial charge in [0.05, 0.1) is 23.5 Å². The van der Waals surface area contributed by atoms with Gasteiger partial charge in [-0.05, 0) is 25.5 Å². The Bertz CT molecular complexity index is 441. The highest BCUT2D eigenvalue weighted by atomic mass is 16.4. The van der Waals surface area contributed by atoms with Crippen molar-refractivity contribution in [3.05, 3.63) is 24.0 Å². The third kappa shape index (κ3) is 2.79. The van der Waals surface area contributed by atoms with Gasteiger partial charge in [-0.3, -0.25) is 9.78 Å². The fourth-order valence-electron chi connectivity index (χ4n) is 1.76. The van der Waals surface area contributed by atoms with Gasteiger partial charge < -0.3 is 15.7 Å². The largest absolute Gasteiger partial charge is 0.478 e. The summed E-state index contributed by atoms with van der Waals surface area (Å²) >= 11 is 0. The molecule has 6 nitrogen and oxygen atoms in total. The molecule has 0 spiro atoms. The molecule has 0 aromatic carbocycles. The molecule has 17 heavy (non-hydrogen) atoms. The minimum atomic E-state index is -1.06. The molecule has 1 aliphatic heterocycles. The van der Waals surface area contributed by atoms with E-state index in [1.165, 1.54) is 18.5 Å². The standard InChI is InChI=1S/C11H13N3O3/c15-10(9-2-1-3-13-9)14-8-4-7(11(16)17)5-12-6-8/h4-6,9,13H,1-3H2,(H,14,15)(H,16,17)/t9-/m1/s1. The van der Waals surface area contributed by atoms with Crippen LogP contribution < -0.4 is 10.6 Å². The first-order chi connectivity index (χ1) is 8.16. The molecule has 1 atom stereocenters. The highest BCUT2D eigenvalue weighted by Crippen LogP contribution is 2.11. The number of nitrogens with zero attached hydrogens (tertiary/aromatic N) is 1. The number of amides is 1. The topological polar surface area (TPSA) is 91.3 Å². The normalized spacial score (nSPS) is 18.9.